The van der Waals surface area contributed by atoms with Gasteiger partial charge < -0.3 is 0 Å². The van der Waals surface area contributed by atoms with Crippen LogP contribution in [0.5, 0.6) is 0 Å². The third-order valence-corrected chi connectivity index (χ3v) is 4.55. The topological polar surface area (TPSA) is 20.3 Å². The smallest absolute Gasteiger partial charge is 0.266 e. The summed E-state index contributed by atoms with van der Waals surface area (Å²) in [5.74, 6) is -0.0223. The maximum absolute atomic E-state index is 12.0. The fourth-order valence-corrected chi connectivity index (χ4v) is 3.61. The highest BCUT2D eigenvalue weighted by molar-refractivity contribution is 8.26. The van der Waals surface area contributed by atoms with Gasteiger partial charge in [0.05, 0.1) is 4.91 Å². The van der Waals surface area contributed by atoms with Gasteiger partial charge in [-0.25, -0.2) is 0 Å². The highest BCUT2D eigenvalue weighted by Crippen LogP contribution is 2.33. The van der Waals surface area contributed by atoms with Crippen LogP contribution < -0.4 is 0 Å². The molecule has 88 valence electrons. The van der Waals surface area contributed by atoms with E-state index in [1.54, 1.807) is 22.3 Å². The molecule has 2 rings (SSSR count). The van der Waals surface area contributed by atoms with E-state index in [-0.39, 0.29) is 5.91 Å². The van der Waals surface area contributed by atoms with E-state index in [1.165, 1.54) is 16.6 Å². The van der Waals surface area contributed by atoms with E-state index >= 15 is 0 Å². The van der Waals surface area contributed by atoms with Crippen LogP contribution in [0.1, 0.15) is 9.75 Å². The maximum Gasteiger partial charge on any atom is 0.266 e. The van der Waals surface area contributed by atoms with Crippen molar-refractivity contribution in [2.45, 2.75) is 6.92 Å². The molecule has 1 aliphatic heterocycles. The Balaban J connectivity index is 2.24. The predicted molar refractivity (Wildman–Crippen MR) is 79.1 cm³/mol. The van der Waals surface area contributed by atoms with Crippen molar-refractivity contribution in [3.63, 3.8) is 0 Å². The lowest BCUT2D eigenvalue weighted by Gasteiger charge is -2.10. The van der Waals surface area contributed by atoms with E-state index in [0.717, 1.165) is 4.88 Å². The minimum atomic E-state index is -0.0223. The molecule has 1 saturated heterocycles. The molecule has 1 amide bonds. The number of aryl methyl sites for hydroxylation is 1. The monoisotopic (exact) mass is 281 g/mol. The van der Waals surface area contributed by atoms with Crippen molar-refractivity contribution in [1.29, 1.82) is 0 Å². The summed E-state index contributed by atoms with van der Waals surface area (Å²) in [6.07, 6.45) is 3.59. The molecule has 1 aliphatic rings. The number of hydrogen-bond acceptors (Lipinski definition) is 4. The van der Waals surface area contributed by atoms with Crippen molar-refractivity contribution in [2.24, 2.45) is 0 Å². The average Bonchev–Trinajstić information content (AvgIpc) is 2.79. The first-order valence-electron chi connectivity index (χ1n) is 5.04. The number of carbonyl (C=O) groups is 1. The Hall–Kier alpha value is -0.910. The van der Waals surface area contributed by atoms with Gasteiger partial charge in [-0.05, 0) is 25.1 Å². The molecule has 0 aromatic carbocycles. The summed E-state index contributed by atoms with van der Waals surface area (Å²) in [4.78, 5) is 16.6. The highest BCUT2D eigenvalue weighted by atomic mass is 32.2. The van der Waals surface area contributed by atoms with E-state index in [1.807, 2.05) is 25.1 Å². The SMILES string of the molecule is C=CCN1C(=O)/C(=C/c2ccc(C)s2)SC1=S. The second kappa shape index (κ2) is 5.16. The molecule has 17 heavy (non-hydrogen) atoms. The van der Waals surface area contributed by atoms with Crippen molar-refractivity contribution < 1.29 is 4.79 Å². The summed E-state index contributed by atoms with van der Waals surface area (Å²) in [5, 5.41) is 0. The summed E-state index contributed by atoms with van der Waals surface area (Å²) in [7, 11) is 0. The van der Waals surface area contributed by atoms with Crippen molar-refractivity contribution in [3.8, 4) is 0 Å². The van der Waals surface area contributed by atoms with Gasteiger partial charge >= 0.3 is 0 Å². The van der Waals surface area contributed by atoms with Crippen LogP contribution in [0.2, 0.25) is 0 Å². The summed E-state index contributed by atoms with van der Waals surface area (Å²) < 4.78 is 0.606. The summed E-state index contributed by atoms with van der Waals surface area (Å²) >= 11 is 8.19. The lowest BCUT2D eigenvalue weighted by atomic mass is 10.3. The lowest BCUT2D eigenvalue weighted by Crippen LogP contribution is -2.27. The van der Waals surface area contributed by atoms with Gasteiger partial charge in [0.2, 0.25) is 0 Å². The Morgan fingerprint density at radius 1 is 1.53 bits per heavy atom. The number of hydrogen-bond donors (Lipinski definition) is 0. The van der Waals surface area contributed by atoms with Crippen molar-refractivity contribution in [1.82, 2.24) is 4.90 Å². The third kappa shape index (κ3) is 2.68. The minimum Gasteiger partial charge on any atom is -0.289 e. The normalized spacial score (nSPS) is 18.2. The molecule has 0 saturated carbocycles. The first kappa shape index (κ1) is 12.5. The first-order chi connectivity index (χ1) is 8.11. The lowest BCUT2D eigenvalue weighted by molar-refractivity contribution is -0.121. The standard InChI is InChI=1S/C12H11NOS3/c1-3-6-13-11(14)10(17-12(13)15)7-9-5-4-8(2)16-9/h3-5,7H,1,6H2,2H3/b10-7-. The van der Waals surface area contributed by atoms with Crippen LogP contribution >= 0.6 is 35.3 Å². The van der Waals surface area contributed by atoms with E-state index in [9.17, 15) is 4.79 Å². The van der Waals surface area contributed by atoms with Gasteiger partial charge in [-0.3, -0.25) is 9.69 Å². The van der Waals surface area contributed by atoms with Crippen LogP contribution in [0.4, 0.5) is 0 Å². The van der Waals surface area contributed by atoms with Crippen molar-refractivity contribution >= 4 is 51.6 Å². The molecule has 1 aromatic rings. The third-order valence-electron chi connectivity index (χ3n) is 2.22. The molecule has 1 fully saturated rings. The van der Waals surface area contributed by atoms with Crippen molar-refractivity contribution in [3.05, 3.63) is 39.4 Å². The number of carbonyl (C=O) groups excluding carboxylic acids is 1. The zero-order valence-electron chi connectivity index (χ0n) is 9.30. The van der Waals surface area contributed by atoms with Crippen LogP contribution in [-0.2, 0) is 4.79 Å². The van der Waals surface area contributed by atoms with E-state index < -0.39 is 0 Å². The number of rotatable bonds is 3. The number of amides is 1. The molecular formula is C12H11NOS3. The molecule has 2 heterocycles. The van der Waals surface area contributed by atoms with Crippen LogP contribution in [0, 0.1) is 6.92 Å². The van der Waals surface area contributed by atoms with E-state index in [4.69, 9.17) is 12.2 Å². The van der Waals surface area contributed by atoms with E-state index in [0.29, 0.717) is 15.8 Å². The summed E-state index contributed by atoms with van der Waals surface area (Å²) in [6, 6.07) is 4.06. The Morgan fingerprint density at radius 3 is 2.88 bits per heavy atom. The molecule has 0 radical (unpaired) electrons. The van der Waals surface area contributed by atoms with Gasteiger partial charge in [-0.2, -0.15) is 0 Å². The molecule has 2 nitrogen and oxygen atoms in total. The molecule has 0 atom stereocenters. The van der Waals surface area contributed by atoms with Crippen LogP contribution in [-0.4, -0.2) is 21.7 Å². The predicted octanol–water partition coefficient (Wildman–Crippen LogP) is 3.44. The summed E-state index contributed by atoms with van der Waals surface area (Å²) in [5.41, 5.74) is 0. The number of thioether (sulfide) groups is 1. The second-order valence-corrected chi connectivity index (χ2v) is 6.52. The Kier molecular flexibility index (Phi) is 3.81. The van der Waals surface area contributed by atoms with Crippen LogP contribution in [0.15, 0.2) is 29.7 Å². The maximum atomic E-state index is 12.0. The Bertz CT molecular complexity index is 516. The molecule has 0 N–H and O–H groups in total. The molecule has 0 aliphatic carbocycles. The molecule has 0 bridgehead atoms. The fraction of sp³-hybridized carbons (Fsp3) is 0.167. The molecule has 5 heteroatoms. The number of nitrogens with zero attached hydrogens (tertiary/aromatic N) is 1. The largest absolute Gasteiger partial charge is 0.289 e. The quantitative estimate of drug-likeness (QED) is 0.481. The van der Waals surface area contributed by atoms with Crippen LogP contribution in [0.3, 0.4) is 0 Å². The number of thiocarbonyl (C=S) groups is 1. The van der Waals surface area contributed by atoms with Gasteiger partial charge in [0.1, 0.15) is 4.32 Å². The summed E-state index contributed by atoms with van der Waals surface area (Å²) in [6.45, 7) is 6.15. The zero-order chi connectivity index (χ0) is 12.4. The number of thiophene rings is 1. The van der Waals surface area contributed by atoms with Gasteiger partial charge in [-0.1, -0.05) is 30.1 Å². The highest BCUT2D eigenvalue weighted by Gasteiger charge is 2.30. The Labute approximate surface area is 114 Å². The minimum absolute atomic E-state index is 0.0223. The average molecular weight is 281 g/mol. The van der Waals surface area contributed by atoms with Gasteiger partial charge in [0.25, 0.3) is 5.91 Å². The molecule has 1 aromatic heterocycles. The fourth-order valence-electron chi connectivity index (χ4n) is 1.45. The Morgan fingerprint density at radius 2 is 2.29 bits per heavy atom. The second-order valence-electron chi connectivity index (χ2n) is 3.53. The van der Waals surface area contributed by atoms with Crippen molar-refractivity contribution in [2.75, 3.05) is 6.54 Å². The zero-order valence-corrected chi connectivity index (χ0v) is 11.8. The van der Waals surface area contributed by atoms with Crippen LogP contribution in [0.25, 0.3) is 6.08 Å². The van der Waals surface area contributed by atoms with Gasteiger partial charge in [0, 0.05) is 16.3 Å². The molecular weight excluding hydrogens is 270 g/mol. The molecule has 0 spiro atoms. The van der Waals surface area contributed by atoms with E-state index in [2.05, 4.69) is 6.58 Å². The van der Waals surface area contributed by atoms with Gasteiger partial charge in [-0.15, -0.1) is 17.9 Å². The van der Waals surface area contributed by atoms with Gasteiger partial charge in [0.15, 0.2) is 0 Å². The first-order valence-corrected chi connectivity index (χ1v) is 7.08. The molecule has 0 unspecified atom stereocenters.